The topological polar surface area (TPSA) is 93.3 Å². The number of halogens is 1. The quantitative estimate of drug-likeness (QED) is 0.476. The van der Waals surface area contributed by atoms with Gasteiger partial charge in [-0.15, -0.1) is 10.2 Å². The van der Waals surface area contributed by atoms with Gasteiger partial charge in [-0.05, 0) is 55.5 Å². The average Bonchev–Trinajstić information content (AvgIpc) is 3.53. The van der Waals surface area contributed by atoms with Crippen LogP contribution in [0.25, 0.3) is 5.69 Å². The van der Waals surface area contributed by atoms with Gasteiger partial charge in [-0.25, -0.2) is 0 Å². The van der Waals surface area contributed by atoms with Crippen molar-refractivity contribution in [3.05, 3.63) is 64.1 Å². The molecule has 0 radical (unpaired) electrons. The van der Waals surface area contributed by atoms with E-state index in [1.807, 2.05) is 36.4 Å². The maximum absolute atomic E-state index is 11.3. The number of fused-ring (bicyclic) bond motifs is 3. The maximum Gasteiger partial charge on any atom is 0.303 e. The van der Waals surface area contributed by atoms with Gasteiger partial charge in [-0.2, -0.15) is 0 Å². The van der Waals surface area contributed by atoms with E-state index in [0.29, 0.717) is 12.2 Å². The van der Waals surface area contributed by atoms with Crippen LogP contribution in [-0.4, -0.2) is 42.3 Å². The SMILES string of the molecule is O=C(O)CC[C@@H]1N=C(c2ccccn2)c2cc(Br)ccc2-n2c(SCC3CC3)nnc21. The predicted molar refractivity (Wildman–Crippen MR) is 122 cm³/mol. The molecule has 0 saturated heterocycles. The zero-order valence-electron chi connectivity index (χ0n) is 16.6. The highest BCUT2D eigenvalue weighted by Crippen LogP contribution is 2.39. The lowest BCUT2D eigenvalue weighted by Gasteiger charge is -2.13. The molecule has 31 heavy (non-hydrogen) atoms. The Bertz CT molecular complexity index is 1160. The van der Waals surface area contributed by atoms with Crippen LogP contribution < -0.4 is 0 Å². The zero-order chi connectivity index (χ0) is 21.4. The Morgan fingerprint density at radius 2 is 2.10 bits per heavy atom. The van der Waals surface area contributed by atoms with E-state index < -0.39 is 12.0 Å². The minimum absolute atomic E-state index is 0.00111. The third-order valence-electron chi connectivity index (χ3n) is 5.38. The first-order valence-electron chi connectivity index (χ1n) is 10.2. The van der Waals surface area contributed by atoms with Gasteiger partial charge >= 0.3 is 5.97 Å². The molecule has 1 fully saturated rings. The summed E-state index contributed by atoms with van der Waals surface area (Å²) >= 11 is 5.30. The Kier molecular flexibility index (Phi) is 5.62. The molecule has 158 valence electrons. The smallest absolute Gasteiger partial charge is 0.303 e. The van der Waals surface area contributed by atoms with E-state index in [2.05, 4.69) is 35.7 Å². The van der Waals surface area contributed by atoms with Gasteiger partial charge in [-0.3, -0.25) is 19.3 Å². The number of carbonyl (C=O) groups is 1. The van der Waals surface area contributed by atoms with Gasteiger partial charge in [0.2, 0.25) is 0 Å². The number of carboxylic acids is 1. The largest absolute Gasteiger partial charge is 0.481 e. The number of hydrogen-bond donors (Lipinski definition) is 1. The Hall–Kier alpha value is -2.52. The number of rotatable bonds is 7. The monoisotopic (exact) mass is 497 g/mol. The molecule has 2 aliphatic rings. The van der Waals surface area contributed by atoms with Crippen molar-refractivity contribution in [3.8, 4) is 5.69 Å². The number of benzene rings is 1. The molecule has 7 nitrogen and oxygen atoms in total. The first-order chi connectivity index (χ1) is 15.1. The second-order valence-electron chi connectivity index (χ2n) is 7.73. The van der Waals surface area contributed by atoms with Crippen molar-refractivity contribution in [2.45, 2.75) is 36.9 Å². The van der Waals surface area contributed by atoms with Crippen LogP contribution in [0.3, 0.4) is 0 Å². The highest BCUT2D eigenvalue weighted by molar-refractivity contribution is 9.10. The molecular weight excluding hydrogens is 478 g/mol. The summed E-state index contributed by atoms with van der Waals surface area (Å²) in [5, 5.41) is 19.1. The maximum atomic E-state index is 11.3. The molecular formula is C22H20BrN5O2S. The van der Waals surface area contributed by atoms with Gasteiger partial charge in [0.1, 0.15) is 6.04 Å². The molecule has 3 heterocycles. The van der Waals surface area contributed by atoms with Crippen molar-refractivity contribution in [1.82, 2.24) is 19.7 Å². The number of pyridine rings is 1. The number of aromatic nitrogens is 4. The summed E-state index contributed by atoms with van der Waals surface area (Å²) in [4.78, 5) is 20.9. The summed E-state index contributed by atoms with van der Waals surface area (Å²) in [6.45, 7) is 0. The molecule has 1 atom stereocenters. The Morgan fingerprint density at radius 3 is 2.84 bits per heavy atom. The van der Waals surface area contributed by atoms with Gasteiger partial charge in [0.25, 0.3) is 0 Å². The van der Waals surface area contributed by atoms with E-state index in [1.165, 1.54) is 12.8 Å². The van der Waals surface area contributed by atoms with E-state index in [4.69, 9.17) is 4.99 Å². The third-order valence-corrected chi connectivity index (χ3v) is 7.03. The van der Waals surface area contributed by atoms with Gasteiger partial charge < -0.3 is 5.11 Å². The van der Waals surface area contributed by atoms with Crippen LogP contribution in [0.2, 0.25) is 0 Å². The van der Waals surface area contributed by atoms with E-state index in [9.17, 15) is 9.90 Å². The van der Waals surface area contributed by atoms with Crippen molar-refractivity contribution in [2.24, 2.45) is 10.9 Å². The molecule has 0 spiro atoms. The number of thioether (sulfide) groups is 1. The molecule has 0 bridgehead atoms. The molecule has 1 aliphatic heterocycles. The molecule has 9 heteroatoms. The lowest BCUT2D eigenvalue weighted by molar-refractivity contribution is -0.137. The number of nitrogens with zero attached hydrogens (tertiary/aromatic N) is 5. The van der Waals surface area contributed by atoms with Crippen molar-refractivity contribution >= 4 is 39.4 Å². The molecule has 0 unspecified atom stereocenters. The molecule has 2 aromatic heterocycles. The molecule has 5 rings (SSSR count). The van der Waals surface area contributed by atoms with Crippen LogP contribution in [0.4, 0.5) is 0 Å². The van der Waals surface area contributed by atoms with E-state index in [1.54, 1.807) is 18.0 Å². The molecule has 1 aliphatic carbocycles. The Morgan fingerprint density at radius 1 is 1.23 bits per heavy atom. The Labute approximate surface area is 192 Å². The fourth-order valence-corrected chi connectivity index (χ4v) is 5.13. The van der Waals surface area contributed by atoms with Crippen molar-refractivity contribution in [2.75, 3.05) is 5.75 Å². The fourth-order valence-electron chi connectivity index (χ4n) is 3.63. The van der Waals surface area contributed by atoms with Gasteiger partial charge in [0, 0.05) is 28.4 Å². The predicted octanol–water partition coefficient (Wildman–Crippen LogP) is 4.68. The van der Waals surface area contributed by atoms with Crippen LogP contribution in [0.15, 0.2) is 57.2 Å². The van der Waals surface area contributed by atoms with Crippen molar-refractivity contribution in [3.63, 3.8) is 0 Å². The van der Waals surface area contributed by atoms with Gasteiger partial charge in [0.05, 0.1) is 17.1 Å². The normalized spacial score (nSPS) is 17.5. The molecule has 1 saturated carbocycles. The van der Waals surface area contributed by atoms with Crippen molar-refractivity contribution in [1.29, 1.82) is 0 Å². The van der Waals surface area contributed by atoms with Crippen LogP contribution >= 0.6 is 27.7 Å². The highest BCUT2D eigenvalue weighted by atomic mass is 79.9. The van der Waals surface area contributed by atoms with Crippen molar-refractivity contribution < 1.29 is 9.90 Å². The minimum Gasteiger partial charge on any atom is -0.481 e. The van der Waals surface area contributed by atoms with Gasteiger partial charge in [0.15, 0.2) is 11.0 Å². The summed E-state index contributed by atoms with van der Waals surface area (Å²) < 4.78 is 2.99. The van der Waals surface area contributed by atoms with E-state index in [0.717, 1.165) is 44.0 Å². The Balaban J connectivity index is 1.68. The lowest BCUT2D eigenvalue weighted by atomic mass is 10.0. The van der Waals surface area contributed by atoms with Crippen LogP contribution in [0, 0.1) is 5.92 Å². The fraction of sp³-hybridized carbons (Fsp3) is 0.318. The first-order valence-corrected chi connectivity index (χ1v) is 12.0. The highest BCUT2D eigenvalue weighted by Gasteiger charge is 2.31. The lowest BCUT2D eigenvalue weighted by Crippen LogP contribution is -2.09. The summed E-state index contributed by atoms with van der Waals surface area (Å²) in [5.74, 6) is 1.58. The number of carboxylic acid groups (broad SMARTS) is 1. The van der Waals surface area contributed by atoms with E-state index in [-0.39, 0.29) is 6.42 Å². The van der Waals surface area contributed by atoms with Crippen LogP contribution in [-0.2, 0) is 4.79 Å². The summed E-state index contributed by atoms with van der Waals surface area (Å²) in [6.07, 6.45) is 4.62. The molecule has 0 amide bonds. The number of aliphatic carboxylic acids is 1. The van der Waals surface area contributed by atoms with Gasteiger partial charge in [-0.1, -0.05) is 33.8 Å². The summed E-state index contributed by atoms with van der Waals surface area (Å²) in [7, 11) is 0. The van der Waals surface area contributed by atoms with E-state index >= 15 is 0 Å². The summed E-state index contributed by atoms with van der Waals surface area (Å²) in [6, 6.07) is 11.3. The van der Waals surface area contributed by atoms with Crippen LogP contribution in [0.1, 0.15) is 48.8 Å². The molecule has 1 N–H and O–H groups in total. The first kappa shape index (κ1) is 20.4. The standard InChI is InChI=1S/C22H20BrN5O2S/c23-14-6-8-18-15(11-14)20(16-3-1-2-10-24-16)25-17(7-9-19(29)30)21-26-27-22(28(18)21)31-12-13-4-5-13/h1-3,6,8,10-11,13,17H,4-5,7,9,12H2,(H,29,30)/t17-/m0/s1. The number of hydrogen-bond acceptors (Lipinski definition) is 6. The molecule has 3 aromatic rings. The summed E-state index contributed by atoms with van der Waals surface area (Å²) in [5.41, 5.74) is 3.33. The number of aliphatic imine (C=N–C) groups is 1. The second-order valence-corrected chi connectivity index (χ2v) is 9.64. The third kappa shape index (κ3) is 4.29. The minimum atomic E-state index is -0.853. The average molecular weight is 498 g/mol. The van der Waals surface area contributed by atoms with Crippen LogP contribution in [0.5, 0.6) is 0 Å². The second kappa shape index (κ2) is 8.55. The molecule has 1 aromatic carbocycles. The zero-order valence-corrected chi connectivity index (χ0v) is 19.0.